The highest BCUT2D eigenvalue weighted by Gasteiger charge is 2.51. The molecule has 0 saturated heterocycles. The lowest BCUT2D eigenvalue weighted by Crippen LogP contribution is -2.50. The third kappa shape index (κ3) is 4.16. The van der Waals surface area contributed by atoms with Crippen LogP contribution in [0.2, 0.25) is 0 Å². The summed E-state index contributed by atoms with van der Waals surface area (Å²) in [5.41, 5.74) is 6.21. The maximum atomic E-state index is 12.5. The normalized spacial score (nSPS) is 29.9. The Labute approximate surface area is 174 Å². The first-order valence-corrected chi connectivity index (χ1v) is 11.4. The van der Waals surface area contributed by atoms with Crippen LogP contribution in [0, 0.1) is 23.2 Å². The minimum absolute atomic E-state index is 0.0773. The van der Waals surface area contributed by atoms with Gasteiger partial charge in [-0.2, -0.15) is 0 Å². The van der Waals surface area contributed by atoms with E-state index < -0.39 is 0 Å². The van der Waals surface area contributed by atoms with E-state index >= 15 is 0 Å². The fraction of sp³-hybridized carbons (Fsp3) is 0.591. The fourth-order valence-corrected chi connectivity index (χ4v) is 7.18. The van der Waals surface area contributed by atoms with Crippen LogP contribution in [0.3, 0.4) is 0 Å². The highest BCUT2D eigenvalue weighted by Crippen LogP contribution is 2.61. The number of nitrogens with one attached hydrogen (secondary N) is 2. The zero-order valence-corrected chi connectivity index (χ0v) is 17.3. The number of hydrazine groups is 1. The minimum atomic E-state index is -0.343. The second-order valence-electron chi connectivity index (χ2n) is 9.26. The van der Waals surface area contributed by atoms with Gasteiger partial charge in [-0.15, -0.1) is 11.3 Å². The van der Waals surface area contributed by atoms with E-state index in [2.05, 4.69) is 15.8 Å². The van der Waals surface area contributed by atoms with E-state index in [0.29, 0.717) is 6.42 Å². The molecule has 0 spiro atoms. The Balaban J connectivity index is 1.05. The Morgan fingerprint density at radius 3 is 2.38 bits per heavy atom. The molecule has 2 aromatic rings. The van der Waals surface area contributed by atoms with Gasteiger partial charge in [0, 0.05) is 6.42 Å². The molecule has 2 amide bonds. The molecule has 1 aromatic carbocycles. The van der Waals surface area contributed by atoms with Crippen LogP contribution in [0.1, 0.15) is 50.0 Å². The summed E-state index contributed by atoms with van der Waals surface area (Å²) in [6.45, 7) is 0.182. The highest BCUT2D eigenvalue weighted by molar-refractivity contribution is 7.18. The Morgan fingerprint density at radius 1 is 1.03 bits per heavy atom. The molecule has 1 aromatic heterocycles. The largest absolute Gasteiger partial charge is 0.364 e. The Hall–Kier alpha value is -1.99. The molecular formula is C22H27N3O3S. The second kappa shape index (κ2) is 7.69. The van der Waals surface area contributed by atoms with Crippen LogP contribution >= 0.6 is 11.3 Å². The zero-order chi connectivity index (χ0) is 19.8. The van der Waals surface area contributed by atoms with Crippen molar-refractivity contribution in [1.29, 1.82) is 0 Å². The maximum absolute atomic E-state index is 12.5. The van der Waals surface area contributed by atoms with Crippen LogP contribution < -0.4 is 10.9 Å². The molecule has 2 N–H and O–H groups in total. The number of thiazole rings is 1. The van der Waals surface area contributed by atoms with Gasteiger partial charge in [-0.1, -0.05) is 12.1 Å². The number of hydrogen-bond acceptors (Lipinski definition) is 5. The van der Waals surface area contributed by atoms with Crippen LogP contribution in [0.25, 0.3) is 10.2 Å². The number of rotatable bonds is 6. The standard InChI is InChI=1S/C22H27N3O3S/c26-19(11-22-8-14-5-15(9-22)7-16(6-14)10-22)24-25-20(27)12-28-13-21-23-17-3-1-2-4-18(17)29-21/h1-4,14-16H,5-13H2,(H,24,26)(H,25,27). The number of nitrogens with zero attached hydrogens (tertiary/aromatic N) is 1. The molecule has 6 nitrogen and oxygen atoms in total. The number of carbonyl (C=O) groups is 2. The summed E-state index contributed by atoms with van der Waals surface area (Å²) in [5.74, 6) is 2.04. The monoisotopic (exact) mass is 413 g/mol. The summed E-state index contributed by atoms with van der Waals surface area (Å²) in [7, 11) is 0. The number of amides is 2. The lowest BCUT2D eigenvalue weighted by Gasteiger charge is -2.56. The third-order valence-electron chi connectivity index (χ3n) is 6.84. The van der Waals surface area contributed by atoms with Crippen LogP contribution in [-0.2, 0) is 20.9 Å². The van der Waals surface area contributed by atoms with Crippen molar-refractivity contribution < 1.29 is 14.3 Å². The summed E-state index contributed by atoms with van der Waals surface area (Å²) in [4.78, 5) is 28.9. The van der Waals surface area contributed by atoms with Crippen LogP contribution in [0.5, 0.6) is 0 Å². The van der Waals surface area contributed by atoms with Gasteiger partial charge in [-0.3, -0.25) is 20.4 Å². The predicted octanol–water partition coefficient (Wildman–Crippen LogP) is 3.57. The highest BCUT2D eigenvalue weighted by atomic mass is 32.1. The van der Waals surface area contributed by atoms with E-state index in [-0.39, 0.29) is 30.4 Å². The summed E-state index contributed by atoms with van der Waals surface area (Å²) < 4.78 is 6.57. The van der Waals surface area contributed by atoms with Crippen molar-refractivity contribution >= 4 is 33.4 Å². The van der Waals surface area contributed by atoms with Crippen molar-refractivity contribution in [3.8, 4) is 0 Å². The number of para-hydroxylation sites is 1. The van der Waals surface area contributed by atoms with Crippen LogP contribution in [0.4, 0.5) is 0 Å². The van der Waals surface area contributed by atoms with Crippen molar-refractivity contribution in [1.82, 2.24) is 15.8 Å². The molecular weight excluding hydrogens is 386 g/mol. The minimum Gasteiger partial charge on any atom is -0.364 e. The van der Waals surface area contributed by atoms with Gasteiger partial charge in [-0.25, -0.2) is 4.98 Å². The number of ether oxygens (including phenoxy) is 1. The van der Waals surface area contributed by atoms with E-state index in [1.807, 2.05) is 24.3 Å². The quantitative estimate of drug-likeness (QED) is 0.710. The summed E-state index contributed by atoms with van der Waals surface area (Å²) in [5, 5.41) is 0.838. The maximum Gasteiger partial charge on any atom is 0.264 e. The molecule has 0 unspecified atom stereocenters. The second-order valence-corrected chi connectivity index (χ2v) is 10.4. The number of hydrogen-bond donors (Lipinski definition) is 2. The van der Waals surface area contributed by atoms with Gasteiger partial charge in [0.05, 0.1) is 16.8 Å². The van der Waals surface area contributed by atoms with Crippen molar-refractivity contribution in [2.24, 2.45) is 23.2 Å². The van der Waals surface area contributed by atoms with Crippen molar-refractivity contribution in [2.75, 3.05) is 6.61 Å². The summed E-state index contributed by atoms with van der Waals surface area (Å²) >= 11 is 1.56. The number of aromatic nitrogens is 1. The number of carbonyl (C=O) groups excluding carboxylic acids is 2. The van der Waals surface area contributed by atoms with E-state index in [0.717, 1.165) is 33.0 Å². The molecule has 7 heteroatoms. The molecule has 4 aliphatic carbocycles. The van der Waals surface area contributed by atoms with Crippen molar-refractivity contribution in [2.45, 2.75) is 51.6 Å². The van der Waals surface area contributed by atoms with Gasteiger partial charge in [0.25, 0.3) is 5.91 Å². The molecule has 4 bridgehead atoms. The molecule has 29 heavy (non-hydrogen) atoms. The van der Waals surface area contributed by atoms with E-state index in [1.165, 1.54) is 38.5 Å². The molecule has 0 radical (unpaired) electrons. The lowest BCUT2D eigenvalue weighted by molar-refractivity contribution is -0.136. The van der Waals surface area contributed by atoms with Gasteiger partial charge >= 0.3 is 0 Å². The molecule has 0 atom stereocenters. The first kappa shape index (κ1) is 19.0. The number of benzene rings is 1. The molecule has 1 heterocycles. The third-order valence-corrected chi connectivity index (χ3v) is 7.85. The Kier molecular flexibility index (Phi) is 5.04. The Morgan fingerprint density at radius 2 is 1.69 bits per heavy atom. The van der Waals surface area contributed by atoms with Crippen LogP contribution in [0.15, 0.2) is 24.3 Å². The molecule has 4 aliphatic rings. The SMILES string of the molecule is O=C(COCc1nc2ccccc2s1)NNC(=O)CC12CC3CC(CC(C3)C1)C2. The van der Waals surface area contributed by atoms with E-state index in [4.69, 9.17) is 4.74 Å². The van der Waals surface area contributed by atoms with Crippen molar-refractivity contribution in [3.05, 3.63) is 29.3 Å². The lowest BCUT2D eigenvalue weighted by atomic mass is 9.49. The first-order chi connectivity index (χ1) is 14.1. The zero-order valence-electron chi connectivity index (χ0n) is 16.5. The van der Waals surface area contributed by atoms with E-state index in [1.54, 1.807) is 11.3 Å². The molecule has 0 aliphatic heterocycles. The average molecular weight is 414 g/mol. The summed E-state index contributed by atoms with van der Waals surface area (Å²) in [6, 6.07) is 7.90. The van der Waals surface area contributed by atoms with Gasteiger partial charge in [0.15, 0.2) is 0 Å². The van der Waals surface area contributed by atoms with E-state index in [9.17, 15) is 9.59 Å². The van der Waals surface area contributed by atoms with Gasteiger partial charge in [-0.05, 0) is 73.8 Å². The van der Waals surface area contributed by atoms with Crippen LogP contribution in [-0.4, -0.2) is 23.4 Å². The molecule has 154 valence electrons. The average Bonchev–Trinajstić information content (AvgIpc) is 3.07. The topological polar surface area (TPSA) is 80.3 Å². The predicted molar refractivity (Wildman–Crippen MR) is 111 cm³/mol. The summed E-state index contributed by atoms with van der Waals surface area (Å²) in [6.07, 6.45) is 8.18. The molecule has 4 saturated carbocycles. The first-order valence-electron chi connectivity index (χ1n) is 10.6. The van der Waals surface area contributed by atoms with Gasteiger partial charge in [0.1, 0.15) is 11.6 Å². The Bertz CT molecular complexity index is 857. The molecule has 6 rings (SSSR count). The van der Waals surface area contributed by atoms with Crippen molar-refractivity contribution in [3.63, 3.8) is 0 Å². The fourth-order valence-electron chi connectivity index (χ4n) is 6.28. The van der Waals surface area contributed by atoms with Gasteiger partial charge < -0.3 is 4.74 Å². The molecule has 4 fully saturated rings. The number of fused-ring (bicyclic) bond motifs is 1. The van der Waals surface area contributed by atoms with Gasteiger partial charge in [0.2, 0.25) is 5.91 Å². The smallest absolute Gasteiger partial charge is 0.264 e.